The molecular formula is C7H11N3O. The van der Waals surface area contributed by atoms with Crippen LogP contribution in [0.25, 0.3) is 0 Å². The summed E-state index contributed by atoms with van der Waals surface area (Å²) in [6.45, 7) is 3.65. The smallest absolute Gasteiger partial charge is 0.274 e. The van der Waals surface area contributed by atoms with E-state index in [0.29, 0.717) is 17.9 Å². The van der Waals surface area contributed by atoms with Crippen LogP contribution in [0.4, 0.5) is 5.69 Å². The molecule has 1 heterocycles. The average molecular weight is 153 g/mol. The Labute approximate surface area is 64.5 Å². The van der Waals surface area contributed by atoms with Crippen molar-refractivity contribution in [3.05, 3.63) is 21.9 Å². The third kappa shape index (κ3) is 1.39. The van der Waals surface area contributed by atoms with Crippen LogP contribution < -0.4 is 11.3 Å². The predicted molar refractivity (Wildman–Crippen MR) is 43.4 cm³/mol. The van der Waals surface area contributed by atoms with Gasteiger partial charge in [0.1, 0.15) is 11.5 Å². The molecule has 3 N–H and O–H groups in total. The van der Waals surface area contributed by atoms with Gasteiger partial charge in [-0.15, -0.1) is 0 Å². The van der Waals surface area contributed by atoms with Crippen LogP contribution in [0.5, 0.6) is 0 Å². The van der Waals surface area contributed by atoms with E-state index in [1.54, 1.807) is 6.92 Å². The molecule has 0 aliphatic heterocycles. The molecule has 60 valence electrons. The Morgan fingerprint density at radius 2 is 2.27 bits per heavy atom. The summed E-state index contributed by atoms with van der Waals surface area (Å²) in [7, 11) is 0. The predicted octanol–water partition coefficient (Wildman–Crippen LogP) is 0.223. The van der Waals surface area contributed by atoms with Crippen molar-refractivity contribution in [1.82, 2.24) is 9.97 Å². The van der Waals surface area contributed by atoms with Crippen LogP contribution in [0, 0.1) is 6.92 Å². The summed E-state index contributed by atoms with van der Waals surface area (Å²) in [5.74, 6) is 0.612. The maximum Gasteiger partial charge on any atom is 0.274 e. The molecule has 0 aromatic carbocycles. The molecule has 11 heavy (non-hydrogen) atoms. The minimum Gasteiger partial charge on any atom is -0.393 e. The first kappa shape index (κ1) is 7.78. The van der Waals surface area contributed by atoms with Gasteiger partial charge in [0.2, 0.25) is 0 Å². The summed E-state index contributed by atoms with van der Waals surface area (Å²) >= 11 is 0. The zero-order chi connectivity index (χ0) is 8.43. The topological polar surface area (TPSA) is 71.8 Å². The number of anilines is 1. The van der Waals surface area contributed by atoms with Gasteiger partial charge in [-0.1, -0.05) is 6.92 Å². The van der Waals surface area contributed by atoms with Crippen LogP contribution in [0.3, 0.4) is 0 Å². The van der Waals surface area contributed by atoms with E-state index in [1.165, 1.54) is 0 Å². The Bertz CT molecular complexity index is 316. The number of aromatic nitrogens is 2. The van der Waals surface area contributed by atoms with Crippen molar-refractivity contribution < 1.29 is 0 Å². The number of nitrogens with one attached hydrogen (secondary N) is 1. The minimum atomic E-state index is -0.241. The largest absolute Gasteiger partial charge is 0.393 e. The number of aromatic amines is 1. The van der Waals surface area contributed by atoms with Gasteiger partial charge in [0.05, 0.1) is 5.69 Å². The van der Waals surface area contributed by atoms with Crippen LogP contribution in [0.1, 0.15) is 18.4 Å². The first-order chi connectivity index (χ1) is 5.15. The van der Waals surface area contributed by atoms with Crippen molar-refractivity contribution >= 4 is 5.69 Å². The van der Waals surface area contributed by atoms with E-state index in [-0.39, 0.29) is 11.2 Å². The van der Waals surface area contributed by atoms with Crippen LogP contribution in [0.15, 0.2) is 4.79 Å². The molecule has 0 radical (unpaired) electrons. The SMILES string of the molecule is CCc1nc(C)[nH]c(=O)c1N. The molecule has 0 fully saturated rings. The first-order valence-corrected chi connectivity index (χ1v) is 3.50. The number of nitrogen functional groups attached to an aromatic ring is 1. The molecule has 0 saturated carbocycles. The lowest BCUT2D eigenvalue weighted by atomic mass is 10.3. The highest BCUT2D eigenvalue weighted by molar-refractivity contribution is 5.39. The van der Waals surface area contributed by atoms with Gasteiger partial charge in [0, 0.05) is 0 Å². The van der Waals surface area contributed by atoms with Gasteiger partial charge in [0.25, 0.3) is 5.56 Å². The van der Waals surface area contributed by atoms with Crippen molar-refractivity contribution in [3.63, 3.8) is 0 Å². The molecule has 4 nitrogen and oxygen atoms in total. The van der Waals surface area contributed by atoms with E-state index in [9.17, 15) is 4.79 Å². The van der Waals surface area contributed by atoms with E-state index in [2.05, 4.69) is 9.97 Å². The quantitative estimate of drug-likeness (QED) is 0.606. The maximum atomic E-state index is 11.0. The number of aryl methyl sites for hydroxylation is 2. The van der Waals surface area contributed by atoms with Gasteiger partial charge in [-0.2, -0.15) is 0 Å². The Morgan fingerprint density at radius 3 is 2.82 bits per heavy atom. The van der Waals surface area contributed by atoms with Gasteiger partial charge in [-0.25, -0.2) is 4.98 Å². The lowest BCUT2D eigenvalue weighted by molar-refractivity contribution is 0.936. The van der Waals surface area contributed by atoms with E-state index < -0.39 is 0 Å². The molecule has 0 atom stereocenters. The third-order valence-corrected chi connectivity index (χ3v) is 1.49. The van der Waals surface area contributed by atoms with Crippen LogP contribution >= 0.6 is 0 Å². The molecular weight excluding hydrogens is 142 g/mol. The van der Waals surface area contributed by atoms with E-state index in [4.69, 9.17) is 5.73 Å². The average Bonchev–Trinajstić information content (AvgIpc) is 1.96. The lowest BCUT2D eigenvalue weighted by Crippen LogP contribution is -2.17. The fourth-order valence-corrected chi connectivity index (χ4v) is 0.923. The lowest BCUT2D eigenvalue weighted by Gasteiger charge is -2.00. The second kappa shape index (κ2) is 2.74. The van der Waals surface area contributed by atoms with E-state index in [1.807, 2.05) is 6.92 Å². The second-order valence-electron chi connectivity index (χ2n) is 2.37. The van der Waals surface area contributed by atoms with E-state index in [0.717, 1.165) is 0 Å². The van der Waals surface area contributed by atoms with Crippen LogP contribution in [-0.2, 0) is 6.42 Å². The number of rotatable bonds is 1. The Balaban J connectivity index is 3.36. The van der Waals surface area contributed by atoms with Gasteiger partial charge in [0.15, 0.2) is 0 Å². The standard InChI is InChI=1S/C7H11N3O/c1-3-5-6(8)7(11)10-4(2)9-5/h3,8H2,1-2H3,(H,9,10,11). The van der Waals surface area contributed by atoms with Crippen molar-refractivity contribution in [2.24, 2.45) is 0 Å². The Morgan fingerprint density at radius 1 is 1.64 bits per heavy atom. The van der Waals surface area contributed by atoms with E-state index >= 15 is 0 Å². The first-order valence-electron chi connectivity index (χ1n) is 3.50. The molecule has 0 aliphatic rings. The number of nitrogens with zero attached hydrogens (tertiary/aromatic N) is 1. The fraction of sp³-hybridized carbons (Fsp3) is 0.429. The van der Waals surface area contributed by atoms with Crippen molar-refractivity contribution in [2.75, 3.05) is 5.73 Å². The zero-order valence-corrected chi connectivity index (χ0v) is 6.64. The fourth-order valence-electron chi connectivity index (χ4n) is 0.923. The molecule has 0 amide bonds. The minimum absolute atomic E-state index is 0.234. The van der Waals surface area contributed by atoms with Crippen LogP contribution in [-0.4, -0.2) is 9.97 Å². The van der Waals surface area contributed by atoms with Crippen molar-refractivity contribution in [3.8, 4) is 0 Å². The normalized spacial score (nSPS) is 10.0. The van der Waals surface area contributed by atoms with Crippen LogP contribution in [0.2, 0.25) is 0 Å². The number of hydrogen-bond donors (Lipinski definition) is 2. The summed E-state index contributed by atoms with van der Waals surface area (Å²) in [6, 6.07) is 0. The molecule has 0 saturated heterocycles. The maximum absolute atomic E-state index is 11.0. The van der Waals surface area contributed by atoms with Gasteiger partial charge < -0.3 is 10.7 Å². The zero-order valence-electron chi connectivity index (χ0n) is 6.64. The summed E-state index contributed by atoms with van der Waals surface area (Å²) in [4.78, 5) is 17.6. The second-order valence-corrected chi connectivity index (χ2v) is 2.37. The highest BCUT2D eigenvalue weighted by Crippen LogP contribution is 2.01. The van der Waals surface area contributed by atoms with Gasteiger partial charge in [-0.3, -0.25) is 4.79 Å². The number of hydrogen-bond acceptors (Lipinski definition) is 3. The molecule has 0 spiro atoms. The molecule has 1 aromatic heterocycles. The highest BCUT2D eigenvalue weighted by Gasteiger charge is 2.02. The summed E-state index contributed by atoms with van der Waals surface area (Å²) in [5.41, 5.74) is 6.12. The highest BCUT2D eigenvalue weighted by atomic mass is 16.1. The molecule has 4 heteroatoms. The summed E-state index contributed by atoms with van der Waals surface area (Å²) in [6.07, 6.45) is 0.691. The summed E-state index contributed by atoms with van der Waals surface area (Å²) < 4.78 is 0. The molecule has 1 rings (SSSR count). The summed E-state index contributed by atoms with van der Waals surface area (Å²) in [5, 5.41) is 0. The molecule has 0 bridgehead atoms. The monoisotopic (exact) mass is 153 g/mol. The Hall–Kier alpha value is -1.32. The number of nitrogens with two attached hydrogens (primary N) is 1. The Kier molecular flexibility index (Phi) is 1.94. The van der Waals surface area contributed by atoms with Crippen molar-refractivity contribution in [2.45, 2.75) is 20.3 Å². The molecule has 0 aliphatic carbocycles. The van der Waals surface area contributed by atoms with Crippen molar-refractivity contribution in [1.29, 1.82) is 0 Å². The molecule has 1 aromatic rings. The van der Waals surface area contributed by atoms with Gasteiger partial charge >= 0.3 is 0 Å². The van der Waals surface area contributed by atoms with Gasteiger partial charge in [-0.05, 0) is 13.3 Å². The third-order valence-electron chi connectivity index (χ3n) is 1.49. The number of H-pyrrole nitrogens is 1. The molecule has 0 unspecified atom stereocenters.